The Morgan fingerprint density at radius 3 is 2.95 bits per heavy atom. The van der Waals surface area contributed by atoms with E-state index < -0.39 is 0 Å². The molecule has 0 spiro atoms. The van der Waals surface area contributed by atoms with Gasteiger partial charge in [-0.3, -0.25) is 4.98 Å². The maximum Gasteiger partial charge on any atom is 0.142 e. The van der Waals surface area contributed by atoms with E-state index in [0.717, 1.165) is 30.1 Å². The molecule has 0 aliphatic carbocycles. The normalized spacial score (nSPS) is 12.4. The molecule has 0 bridgehead atoms. The highest BCUT2D eigenvalue weighted by atomic mass is 16.5. The van der Waals surface area contributed by atoms with Gasteiger partial charge >= 0.3 is 0 Å². The molecule has 19 heavy (non-hydrogen) atoms. The molecule has 0 aliphatic rings. The van der Waals surface area contributed by atoms with Crippen LogP contribution in [0.1, 0.15) is 30.8 Å². The molecule has 0 radical (unpaired) electrons. The minimum absolute atomic E-state index is 0.000463. The van der Waals surface area contributed by atoms with E-state index in [1.807, 2.05) is 25.5 Å². The molecule has 0 amide bonds. The van der Waals surface area contributed by atoms with Gasteiger partial charge < -0.3 is 14.6 Å². The van der Waals surface area contributed by atoms with Gasteiger partial charge in [-0.2, -0.15) is 0 Å². The third-order valence-corrected chi connectivity index (χ3v) is 3.11. The van der Waals surface area contributed by atoms with Crippen LogP contribution in [0, 0.1) is 0 Å². The molecule has 0 aromatic carbocycles. The first kappa shape index (κ1) is 13.5. The standard InChI is InChI=1S/C14H20N4O/c1-4-8-18-9-7-17-14(18)13(15-2)11-5-6-16-10-12(11)19-3/h5-7,9-10,13,15H,4,8H2,1-3H3. The van der Waals surface area contributed by atoms with Crippen LogP contribution in [0.3, 0.4) is 0 Å². The maximum atomic E-state index is 5.39. The summed E-state index contributed by atoms with van der Waals surface area (Å²) < 4.78 is 7.55. The van der Waals surface area contributed by atoms with E-state index in [0.29, 0.717) is 0 Å². The summed E-state index contributed by atoms with van der Waals surface area (Å²) >= 11 is 0. The second kappa shape index (κ2) is 6.33. The summed E-state index contributed by atoms with van der Waals surface area (Å²) in [6, 6.07) is 1.96. The minimum Gasteiger partial charge on any atom is -0.495 e. The first-order chi connectivity index (χ1) is 9.31. The molecule has 2 aromatic rings. The van der Waals surface area contributed by atoms with E-state index in [9.17, 15) is 0 Å². The van der Waals surface area contributed by atoms with E-state index in [1.54, 1.807) is 19.5 Å². The number of imidazole rings is 1. The van der Waals surface area contributed by atoms with Crippen LogP contribution in [0.5, 0.6) is 5.75 Å². The van der Waals surface area contributed by atoms with Crippen molar-refractivity contribution in [1.29, 1.82) is 0 Å². The summed E-state index contributed by atoms with van der Waals surface area (Å²) in [4.78, 5) is 8.58. The molecule has 0 saturated carbocycles. The molecule has 0 saturated heterocycles. The average molecular weight is 260 g/mol. The van der Waals surface area contributed by atoms with Gasteiger partial charge in [0.15, 0.2) is 0 Å². The molecule has 1 unspecified atom stereocenters. The zero-order valence-corrected chi connectivity index (χ0v) is 11.6. The van der Waals surface area contributed by atoms with E-state index in [1.165, 1.54) is 0 Å². The van der Waals surface area contributed by atoms with Crippen molar-refractivity contribution in [1.82, 2.24) is 19.9 Å². The Hall–Kier alpha value is -1.88. The van der Waals surface area contributed by atoms with Gasteiger partial charge in [0.1, 0.15) is 11.6 Å². The van der Waals surface area contributed by atoms with Crippen molar-refractivity contribution in [3.63, 3.8) is 0 Å². The zero-order chi connectivity index (χ0) is 13.7. The summed E-state index contributed by atoms with van der Waals surface area (Å²) in [7, 11) is 3.58. The van der Waals surface area contributed by atoms with Gasteiger partial charge in [0.2, 0.25) is 0 Å². The highest BCUT2D eigenvalue weighted by Crippen LogP contribution is 2.28. The third kappa shape index (κ3) is 2.76. The van der Waals surface area contributed by atoms with E-state index in [4.69, 9.17) is 4.74 Å². The Morgan fingerprint density at radius 1 is 1.42 bits per heavy atom. The smallest absolute Gasteiger partial charge is 0.142 e. The monoisotopic (exact) mass is 260 g/mol. The van der Waals surface area contributed by atoms with Gasteiger partial charge in [0.25, 0.3) is 0 Å². The lowest BCUT2D eigenvalue weighted by Crippen LogP contribution is -2.22. The second-order valence-corrected chi connectivity index (χ2v) is 4.32. The minimum atomic E-state index is -0.000463. The first-order valence-corrected chi connectivity index (χ1v) is 6.48. The van der Waals surface area contributed by atoms with Crippen molar-refractivity contribution in [3.8, 4) is 5.75 Å². The van der Waals surface area contributed by atoms with Crippen LogP contribution >= 0.6 is 0 Å². The number of ether oxygens (including phenoxy) is 1. The fraction of sp³-hybridized carbons (Fsp3) is 0.429. The molecule has 102 valence electrons. The molecule has 2 aromatic heterocycles. The highest BCUT2D eigenvalue weighted by Gasteiger charge is 2.20. The number of aromatic nitrogens is 3. The Morgan fingerprint density at radius 2 is 2.26 bits per heavy atom. The quantitative estimate of drug-likeness (QED) is 0.863. The molecule has 0 aliphatic heterocycles. The number of nitrogens with one attached hydrogen (secondary N) is 1. The summed E-state index contributed by atoms with van der Waals surface area (Å²) in [5.74, 6) is 1.77. The topological polar surface area (TPSA) is 52.0 Å². The number of pyridine rings is 1. The van der Waals surface area contributed by atoms with Gasteiger partial charge in [-0.15, -0.1) is 0 Å². The van der Waals surface area contributed by atoms with Gasteiger partial charge in [-0.05, 0) is 19.5 Å². The van der Waals surface area contributed by atoms with Crippen LogP contribution < -0.4 is 10.1 Å². The molecule has 2 heterocycles. The number of aryl methyl sites for hydroxylation is 1. The lowest BCUT2D eigenvalue weighted by atomic mass is 10.1. The summed E-state index contributed by atoms with van der Waals surface area (Å²) in [5, 5.41) is 3.30. The Kier molecular flexibility index (Phi) is 4.52. The van der Waals surface area contributed by atoms with E-state index in [2.05, 4.69) is 26.8 Å². The van der Waals surface area contributed by atoms with E-state index >= 15 is 0 Å². The first-order valence-electron chi connectivity index (χ1n) is 6.48. The average Bonchev–Trinajstić information content (AvgIpc) is 2.89. The van der Waals surface area contributed by atoms with Crippen molar-refractivity contribution >= 4 is 0 Å². The molecular weight excluding hydrogens is 240 g/mol. The summed E-state index contributed by atoms with van der Waals surface area (Å²) in [5.41, 5.74) is 1.04. The Labute approximate surface area is 113 Å². The lowest BCUT2D eigenvalue weighted by Gasteiger charge is -2.19. The second-order valence-electron chi connectivity index (χ2n) is 4.32. The maximum absolute atomic E-state index is 5.39. The number of hydrogen-bond acceptors (Lipinski definition) is 4. The van der Waals surface area contributed by atoms with Crippen LogP contribution in [0.25, 0.3) is 0 Å². The van der Waals surface area contributed by atoms with Crippen LogP contribution in [0.4, 0.5) is 0 Å². The van der Waals surface area contributed by atoms with Crippen LogP contribution in [0.15, 0.2) is 30.9 Å². The molecule has 1 N–H and O–H groups in total. The lowest BCUT2D eigenvalue weighted by molar-refractivity contribution is 0.401. The number of hydrogen-bond donors (Lipinski definition) is 1. The third-order valence-electron chi connectivity index (χ3n) is 3.11. The van der Waals surface area contributed by atoms with Crippen molar-refractivity contribution in [2.24, 2.45) is 0 Å². The molecule has 5 nitrogen and oxygen atoms in total. The van der Waals surface area contributed by atoms with Crippen LogP contribution in [0.2, 0.25) is 0 Å². The predicted molar refractivity (Wildman–Crippen MR) is 74.2 cm³/mol. The van der Waals surface area contributed by atoms with Gasteiger partial charge in [-0.25, -0.2) is 4.98 Å². The SMILES string of the molecule is CCCn1ccnc1C(NC)c1ccncc1OC. The van der Waals surface area contributed by atoms with Crippen LogP contribution in [-0.2, 0) is 6.54 Å². The van der Waals surface area contributed by atoms with Crippen molar-refractivity contribution in [2.45, 2.75) is 25.9 Å². The van der Waals surface area contributed by atoms with Crippen molar-refractivity contribution < 1.29 is 4.74 Å². The molecular formula is C14H20N4O. The van der Waals surface area contributed by atoms with Gasteiger partial charge in [0.05, 0.1) is 19.3 Å². The van der Waals surface area contributed by atoms with Crippen LogP contribution in [-0.4, -0.2) is 28.7 Å². The zero-order valence-electron chi connectivity index (χ0n) is 11.6. The number of nitrogens with zero attached hydrogens (tertiary/aromatic N) is 3. The molecule has 1 atom stereocenters. The van der Waals surface area contributed by atoms with E-state index in [-0.39, 0.29) is 6.04 Å². The Balaban J connectivity index is 2.41. The van der Waals surface area contributed by atoms with Crippen molar-refractivity contribution in [3.05, 3.63) is 42.2 Å². The van der Waals surface area contributed by atoms with Gasteiger partial charge in [0, 0.05) is 30.7 Å². The fourth-order valence-corrected chi connectivity index (χ4v) is 2.23. The molecule has 0 fully saturated rings. The highest BCUT2D eigenvalue weighted by molar-refractivity contribution is 5.36. The largest absolute Gasteiger partial charge is 0.495 e. The molecule has 5 heteroatoms. The fourth-order valence-electron chi connectivity index (χ4n) is 2.23. The van der Waals surface area contributed by atoms with Gasteiger partial charge in [-0.1, -0.05) is 6.92 Å². The summed E-state index contributed by atoms with van der Waals surface area (Å²) in [6.45, 7) is 3.12. The Bertz CT molecular complexity index is 524. The predicted octanol–water partition coefficient (Wildman–Crippen LogP) is 2.01. The van der Waals surface area contributed by atoms with Crippen molar-refractivity contribution in [2.75, 3.05) is 14.2 Å². The number of methoxy groups -OCH3 is 1. The molecule has 2 rings (SSSR count). The summed E-state index contributed by atoms with van der Waals surface area (Å²) in [6.07, 6.45) is 8.43. The number of rotatable bonds is 6.